The Morgan fingerprint density at radius 1 is 1.40 bits per heavy atom. The fourth-order valence-electron chi connectivity index (χ4n) is 2.61. The van der Waals surface area contributed by atoms with E-state index in [9.17, 15) is 0 Å². The molecule has 0 bridgehead atoms. The Kier molecular flexibility index (Phi) is 2.16. The van der Waals surface area contributed by atoms with Gasteiger partial charge in [-0.05, 0) is 39.4 Å². The van der Waals surface area contributed by atoms with Gasteiger partial charge in [-0.3, -0.25) is 0 Å². The van der Waals surface area contributed by atoms with Gasteiger partial charge in [0, 0.05) is 18.0 Å². The van der Waals surface area contributed by atoms with E-state index in [-0.39, 0.29) is 0 Å². The number of rotatable bonds is 1. The summed E-state index contributed by atoms with van der Waals surface area (Å²) < 4.78 is 5.31. The van der Waals surface area contributed by atoms with Crippen LogP contribution in [0.3, 0.4) is 0 Å². The SMILES string of the molecule is CN1CCC(c2noc3c2CCN3)CC1. The van der Waals surface area contributed by atoms with Crippen LogP contribution in [-0.4, -0.2) is 36.7 Å². The number of nitrogens with zero attached hydrogens (tertiary/aromatic N) is 2. The topological polar surface area (TPSA) is 41.3 Å². The predicted octanol–water partition coefficient (Wildman–Crippen LogP) is 1.45. The summed E-state index contributed by atoms with van der Waals surface area (Å²) in [6.07, 6.45) is 3.52. The van der Waals surface area contributed by atoms with Gasteiger partial charge in [-0.1, -0.05) is 5.16 Å². The van der Waals surface area contributed by atoms with E-state index in [2.05, 4.69) is 22.4 Å². The van der Waals surface area contributed by atoms with Gasteiger partial charge in [0.25, 0.3) is 0 Å². The maximum atomic E-state index is 5.31. The molecule has 4 nitrogen and oxygen atoms in total. The van der Waals surface area contributed by atoms with Crippen molar-refractivity contribution in [2.45, 2.75) is 25.2 Å². The summed E-state index contributed by atoms with van der Waals surface area (Å²) in [4.78, 5) is 2.38. The minimum atomic E-state index is 0.619. The average molecular weight is 207 g/mol. The van der Waals surface area contributed by atoms with Crippen LogP contribution in [0, 0.1) is 0 Å². The molecule has 15 heavy (non-hydrogen) atoms. The molecule has 0 aromatic carbocycles. The van der Waals surface area contributed by atoms with Crippen molar-refractivity contribution in [2.75, 3.05) is 32.0 Å². The fourth-order valence-corrected chi connectivity index (χ4v) is 2.61. The summed E-state index contributed by atoms with van der Waals surface area (Å²) in [6, 6.07) is 0. The van der Waals surface area contributed by atoms with Crippen LogP contribution in [0.5, 0.6) is 0 Å². The predicted molar refractivity (Wildman–Crippen MR) is 58.2 cm³/mol. The molecule has 3 heterocycles. The van der Waals surface area contributed by atoms with Crippen LogP contribution in [0.2, 0.25) is 0 Å². The molecule has 0 amide bonds. The molecule has 3 rings (SSSR count). The van der Waals surface area contributed by atoms with Gasteiger partial charge in [-0.15, -0.1) is 0 Å². The summed E-state index contributed by atoms with van der Waals surface area (Å²) in [5, 5.41) is 7.46. The monoisotopic (exact) mass is 207 g/mol. The van der Waals surface area contributed by atoms with Crippen LogP contribution in [0.15, 0.2) is 4.52 Å². The smallest absolute Gasteiger partial charge is 0.228 e. The Hall–Kier alpha value is -1.03. The molecule has 1 aromatic heterocycles. The Labute approximate surface area is 89.6 Å². The van der Waals surface area contributed by atoms with Gasteiger partial charge >= 0.3 is 0 Å². The first-order valence-corrected chi connectivity index (χ1v) is 5.75. The first kappa shape index (κ1) is 9.21. The van der Waals surface area contributed by atoms with E-state index in [1.807, 2.05) is 0 Å². The highest BCUT2D eigenvalue weighted by Gasteiger charge is 2.28. The third-order valence-corrected chi connectivity index (χ3v) is 3.58. The summed E-state index contributed by atoms with van der Waals surface area (Å²) >= 11 is 0. The number of aromatic nitrogens is 1. The Morgan fingerprint density at radius 2 is 2.20 bits per heavy atom. The van der Waals surface area contributed by atoms with Gasteiger partial charge in [-0.2, -0.15) is 0 Å². The zero-order chi connectivity index (χ0) is 10.3. The van der Waals surface area contributed by atoms with E-state index in [0.717, 1.165) is 18.8 Å². The van der Waals surface area contributed by atoms with Crippen molar-refractivity contribution >= 4 is 5.88 Å². The lowest BCUT2D eigenvalue weighted by atomic mass is 9.91. The quantitative estimate of drug-likeness (QED) is 0.756. The molecule has 1 saturated heterocycles. The van der Waals surface area contributed by atoms with Crippen LogP contribution < -0.4 is 5.32 Å². The van der Waals surface area contributed by atoms with E-state index in [0.29, 0.717) is 5.92 Å². The zero-order valence-electron chi connectivity index (χ0n) is 9.12. The van der Waals surface area contributed by atoms with E-state index in [4.69, 9.17) is 4.52 Å². The number of likely N-dealkylation sites (tertiary alicyclic amines) is 1. The molecule has 0 radical (unpaired) electrons. The van der Waals surface area contributed by atoms with Crippen molar-refractivity contribution in [1.82, 2.24) is 10.1 Å². The first-order valence-electron chi connectivity index (χ1n) is 5.75. The number of nitrogens with one attached hydrogen (secondary N) is 1. The van der Waals surface area contributed by atoms with Crippen LogP contribution in [0.1, 0.15) is 30.0 Å². The zero-order valence-corrected chi connectivity index (χ0v) is 9.12. The van der Waals surface area contributed by atoms with Crippen LogP contribution >= 0.6 is 0 Å². The molecule has 0 spiro atoms. The minimum absolute atomic E-state index is 0.619. The third-order valence-electron chi connectivity index (χ3n) is 3.58. The number of hydrogen-bond donors (Lipinski definition) is 1. The molecule has 0 aliphatic carbocycles. The maximum Gasteiger partial charge on any atom is 0.228 e. The lowest BCUT2D eigenvalue weighted by Crippen LogP contribution is -2.29. The summed E-state index contributed by atoms with van der Waals surface area (Å²) in [5.41, 5.74) is 2.56. The van der Waals surface area contributed by atoms with Crippen molar-refractivity contribution in [3.8, 4) is 0 Å². The molecule has 2 aliphatic heterocycles. The molecular formula is C11H17N3O. The highest BCUT2D eigenvalue weighted by atomic mass is 16.5. The molecule has 4 heteroatoms. The highest BCUT2D eigenvalue weighted by Crippen LogP contribution is 2.34. The number of anilines is 1. The molecule has 1 N–H and O–H groups in total. The second-order valence-corrected chi connectivity index (χ2v) is 4.63. The summed E-state index contributed by atoms with van der Waals surface area (Å²) in [6.45, 7) is 3.37. The second-order valence-electron chi connectivity index (χ2n) is 4.63. The molecule has 1 fully saturated rings. The van der Waals surface area contributed by atoms with Crippen molar-refractivity contribution in [3.63, 3.8) is 0 Å². The Morgan fingerprint density at radius 3 is 3.00 bits per heavy atom. The fraction of sp³-hybridized carbons (Fsp3) is 0.727. The molecule has 0 atom stereocenters. The standard InChI is InChI=1S/C11H17N3O/c1-14-6-3-8(4-7-14)10-9-2-5-12-11(9)15-13-10/h8,12H,2-7H2,1H3. The summed E-state index contributed by atoms with van der Waals surface area (Å²) in [5.74, 6) is 1.54. The second kappa shape index (κ2) is 3.52. The number of piperidine rings is 1. The van der Waals surface area contributed by atoms with Crippen molar-refractivity contribution < 1.29 is 4.52 Å². The van der Waals surface area contributed by atoms with Crippen LogP contribution in [-0.2, 0) is 6.42 Å². The average Bonchev–Trinajstić information content (AvgIpc) is 2.80. The third kappa shape index (κ3) is 1.53. The minimum Gasteiger partial charge on any atom is -0.353 e. The van der Waals surface area contributed by atoms with Crippen LogP contribution in [0.4, 0.5) is 5.88 Å². The van der Waals surface area contributed by atoms with E-state index in [1.165, 1.54) is 37.2 Å². The molecule has 1 aromatic rings. The molecule has 0 unspecified atom stereocenters. The van der Waals surface area contributed by atoms with Gasteiger partial charge in [-0.25, -0.2) is 0 Å². The van der Waals surface area contributed by atoms with Gasteiger partial charge in [0.05, 0.1) is 5.69 Å². The Balaban J connectivity index is 1.81. The largest absolute Gasteiger partial charge is 0.353 e. The maximum absolute atomic E-state index is 5.31. The van der Waals surface area contributed by atoms with Gasteiger partial charge in [0.1, 0.15) is 0 Å². The van der Waals surface area contributed by atoms with Crippen molar-refractivity contribution in [3.05, 3.63) is 11.3 Å². The van der Waals surface area contributed by atoms with Crippen molar-refractivity contribution in [1.29, 1.82) is 0 Å². The van der Waals surface area contributed by atoms with Gasteiger partial charge < -0.3 is 14.7 Å². The number of hydrogen-bond acceptors (Lipinski definition) is 4. The van der Waals surface area contributed by atoms with Gasteiger partial charge in [0.15, 0.2) is 0 Å². The molecule has 2 aliphatic rings. The first-order chi connectivity index (χ1) is 7.34. The normalized spacial score (nSPS) is 22.7. The molecular weight excluding hydrogens is 190 g/mol. The van der Waals surface area contributed by atoms with Gasteiger partial charge in [0.2, 0.25) is 5.88 Å². The number of fused-ring (bicyclic) bond motifs is 1. The Bertz CT molecular complexity index is 353. The molecule has 0 saturated carbocycles. The van der Waals surface area contributed by atoms with Crippen molar-refractivity contribution in [2.24, 2.45) is 0 Å². The van der Waals surface area contributed by atoms with E-state index < -0.39 is 0 Å². The van der Waals surface area contributed by atoms with Crippen LogP contribution in [0.25, 0.3) is 0 Å². The van der Waals surface area contributed by atoms with E-state index >= 15 is 0 Å². The molecule has 82 valence electrons. The van der Waals surface area contributed by atoms with E-state index in [1.54, 1.807) is 0 Å². The lowest BCUT2D eigenvalue weighted by Gasteiger charge is -2.27. The lowest BCUT2D eigenvalue weighted by molar-refractivity contribution is 0.249. The highest BCUT2D eigenvalue weighted by molar-refractivity contribution is 5.49. The summed E-state index contributed by atoms with van der Waals surface area (Å²) in [7, 11) is 2.19.